The van der Waals surface area contributed by atoms with Gasteiger partial charge in [0.05, 0.1) is 5.41 Å². The summed E-state index contributed by atoms with van der Waals surface area (Å²) in [5.41, 5.74) is -0.753. The lowest BCUT2D eigenvalue weighted by Crippen LogP contribution is -2.47. The van der Waals surface area contributed by atoms with Gasteiger partial charge in [-0.05, 0) is 25.7 Å². The van der Waals surface area contributed by atoms with Crippen molar-refractivity contribution in [2.75, 3.05) is 13.6 Å². The lowest BCUT2D eigenvalue weighted by Gasteiger charge is -2.29. The summed E-state index contributed by atoms with van der Waals surface area (Å²) in [5, 5.41) is 12.4. The van der Waals surface area contributed by atoms with E-state index in [4.69, 9.17) is 0 Å². The van der Waals surface area contributed by atoms with E-state index in [1.807, 2.05) is 0 Å². The quantitative estimate of drug-likeness (QED) is 0.768. The highest BCUT2D eigenvalue weighted by Gasteiger charge is 2.39. The molecule has 2 amide bonds. The van der Waals surface area contributed by atoms with E-state index in [2.05, 4.69) is 5.32 Å². The molecule has 0 heterocycles. The number of nitrogens with one attached hydrogen (secondary N) is 1. The molecular weight excluding hydrogens is 244 g/mol. The maximum absolute atomic E-state index is 11.9. The smallest absolute Gasteiger partial charge is 0.317 e. The molecule has 2 saturated carbocycles. The summed E-state index contributed by atoms with van der Waals surface area (Å²) >= 11 is 0. The number of rotatable bonds is 4. The van der Waals surface area contributed by atoms with Crippen molar-refractivity contribution in [3.63, 3.8) is 0 Å². The molecule has 2 fully saturated rings. The van der Waals surface area contributed by atoms with Gasteiger partial charge in [0, 0.05) is 19.6 Å². The zero-order valence-electron chi connectivity index (χ0n) is 11.7. The minimum absolute atomic E-state index is 0.132. The Bertz CT molecular complexity index is 345. The van der Waals surface area contributed by atoms with Crippen LogP contribution in [0.3, 0.4) is 0 Å². The van der Waals surface area contributed by atoms with E-state index in [-0.39, 0.29) is 12.6 Å². The van der Waals surface area contributed by atoms with Gasteiger partial charge in [0.2, 0.25) is 0 Å². The minimum atomic E-state index is -0.760. The first-order chi connectivity index (χ1) is 9.05. The molecule has 5 nitrogen and oxygen atoms in total. The van der Waals surface area contributed by atoms with E-state index in [0.717, 1.165) is 38.5 Å². The van der Waals surface area contributed by atoms with E-state index in [0.29, 0.717) is 18.9 Å². The molecule has 0 spiro atoms. The predicted octanol–water partition coefficient (Wildman–Crippen LogP) is 2.22. The Morgan fingerprint density at radius 2 is 1.79 bits per heavy atom. The number of urea groups is 1. The fourth-order valence-corrected chi connectivity index (χ4v) is 2.87. The molecule has 0 aliphatic heterocycles. The summed E-state index contributed by atoms with van der Waals surface area (Å²) in [6, 6.07) is 0.224. The molecule has 0 unspecified atom stereocenters. The summed E-state index contributed by atoms with van der Waals surface area (Å²) in [6.45, 7) is 0.262. The Balaban J connectivity index is 1.92. The molecule has 108 valence electrons. The van der Waals surface area contributed by atoms with Crippen LogP contribution in [-0.2, 0) is 4.79 Å². The Hall–Kier alpha value is -1.26. The van der Waals surface area contributed by atoms with E-state index >= 15 is 0 Å². The van der Waals surface area contributed by atoms with Crippen molar-refractivity contribution in [3.8, 4) is 0 Å². The SMILES string of the molecule is CN(C(=O)NCC1(C(=O)O)CCCCCC1)C1CC1. The van der Waals surface area contributed by atoms with Crippen molar-refractivity contribution in [3.05, 3.63) is 0 Å². The van der Waals surface area contributed by atoms with Crippen LogP contribution in [0.2, 0.25) is 0 Å². The third-order valence-electron chi connectivity index (χ3n) is 4.51. The molecule has 0 aromatic carbocycles. The van der Waals surface area contributed by atoms with Crippen molar-refractivity contribution >= 4 is 12.0 Å². The number of aliphatic carboxylic acids is 1. The summed E-state index contributed by atoms with van der Waals surface area (Å²) < 4.78 is 0. The fourth-order valence-electron chi connectivity index (χ4n) is 2.87. The number of nitrogens with zero attached hydrogens (tertiary/aromatic N) is 1. The lowest BCUT2D eigenvalue weighted by atomic mass is 9.80. The highest BCUT2D eigenvalue weighted by atomic mass is 16.4. The minimum Gasteiger partial charge on any atom is -0.481 e. The molecule has 2 aliphatic carbocycles. The average Bonchev–Trinajstić information content (AvgIpc) is 3.21. The van der Waals surface area contributed by atoms with Crippen molar-refractivity contribution in [1.29, 1.82) is 0 Å². The van der Waals surface area contributed by atoms with Gasteiger partial charge in [-0.3, -0.25) is 4.79 Å². The van der Waals surface area contributed by atoms with E-state index in [9.17, 15) is 14.7 Å². The van der Waals surface area contributed by atoms with E-state index in [1.54, 1.807) is 11.9 Å². The first-order valence-electron chi connectivity index (χ1n) is 7.29. The Labute approximate surface area is 114 Å². The van der Waals surface area contributed by atoms with Crippen LogP contribution in [0.5, 0.6) is 0 Å². The Morgan fingerprint density at radius 3 is 2.26 bits per heavy atom. The number of carbonyl (C=O) groups excluding carboxylic acids is 1. The third-order valence-corrected chi connectivity index (χ3v) is 4.51. The van der Waals surface area contributed by atoms with Crippen LogP contribution in [0.4, 0.5) is 4.79 Å². The van der Waals surface area contributed by atoms with Crippen LogP contribution in [0, 0.1) is 5.41 Å². The van der Waals surface area contributed by atoms with Crippen molar-refractivity contribution in [1.82, 2.24) is 10.2 Å². The molecule has 0 bridgehead atoms. The fraction of sp³-hybridized carbons (Fsp3) is 0.857. The standard InChI is InChI=1S/C14H24N2O3/c1-16(11-6-7-11)13(19)15-10-14(12(17)18)8-4-2-3-5-9-14/h11H,2-10H2,1H3,(H,15,19)(H,17,18). The summed E-state index contributed by atoms with van der Waals surface area (Å²) in [5.74, 6) is -0.760. The Morgan fingerprint density at radius 1 is 1.21 bits per heavy atom. The van der Waals surface area contributed by atoms with Gasteiger partial charge in [0.25, 0.3) is 0 Å². The number of hydrogen-bond acceptors (Lipinski definition) is 2. The largest absolute Gasteiger partial charge is 0.481 e. The molecule has 0 aromatic heterocycles. The summed E-state index contributed by atoms with van der Waals surface area (Å²) in [4.78, 5) is 25.2. The molecular formula is C14H24N2O3. The number of amides is 2. The zero-order valence-corrected chi connectivity index (χ0v) is 11.7. The van der Waals surface area contributed by atoms with Gasteiger partial charge in [-0.1, -0.05) is 25.7 Å². The highest BCUT2D eigenvalue weighted by molar-refractivity contribution is 5.78. The molecule has 0 atom stereocenters. The monoisotopic (exact) mass is 268 g/mol. The topological polar surface area (TPSA) is 69.6 Å². The summed E-state index contributed by atoms with van der Waals surface area (Å²) in [6.07, 6.45) is 7.57. The Kier molecular flexibility index (Phi) is 4.32. The third kappa shape index (κ3) is 3.39. The highest BCUT2D eigenvalue weighted by Crippen LogP contribution is 2.35. The van der Waals surface area contributed by atoms with Crippen LogP contribution in [0.1, 0.15) is 51.4 Å². The molecule has 5 heteroatoms. The maximum Gasteiger partial charge on any atom is 0.317 e. The average molecular weight is 268 g/mol. The second-order valence-corrected chi connectivity index (χ2v) is 6.00. The number of carboxylic acids is 1. The van der Waals surface area contributed by atoms with Gasteiger partial charge in [0.15, 0.2) is 0 Å². The molecule has 0 aromatic rings. The van der Waals surface area contributed by atoms with Crippen LogP contribution in [-0.4, -0.2) is 41.6 Å². The van der Waals surface area contributed by atoms with Crippen LogP contribution in [0.25, 0.3) is 0 Å². The first kappa shape index (κ1) is 14.2. The molecule has 2 N–H and O–H groups in total. The normalized spacial score (nSPS) is 22.4. The number of carboxylic acid groups (broad SMARTS) is 1. The first-order valence-corrected chi connectivity index (χ1v) is 7.29. The molecule has 0 saturated heterocycles. The van der Waals surface area contributed by atoms with Gasteiger partial charge in [-0.2, -0.15) is 0 Å². The molecule has 2 aliphatic rings. The van der Waals surface area contributed by atoms with Gasteiger partial charge in [-0.25, -0.2) is 4.79 Å². The van der Waals surface area contributed by atoms with Crippen LogP contribution < -0.4 is 5.32 Å². The second-order valence-electron chi connectivity index (χ2n) is 6.00. The molecule has 2 rings (SSSR count). The van der Waals surface area contributed by atoms with Crippen molar-refractivity contribution < 1.29 is 14.7 Å². The molecule has 19 heavy (non-hydrogen) atoms. The summed E-state index contributed by atoms with van der Waals surface area (Å²) in [7, 11) is 1.79. The van der Waals surface area contributed by atoms with Crippen LogP contribution in [0.15, 0.2) is 0 Å². The lowest BCUT2D eigenvalue weighted by molar-refractivity contribution is -0.149. The number of hydrogen-bond donors (Lipinski definition) is 2. The zero-order chi connectivity index (χ0) is 13.9. The van der Waals surface area contributed by atoms with Crippen LogP contribution >= 0.6 is 0 Å². The number of carbonyl (C=O) groups is 2. The van der Waals surface area contributed by atoms with Gasteiger partial charge in [0.1, 0.15) is 0 Å². The van der Waals surface area contributed by atoms with Gasteiger partial charge in [-0.15, -0.1) is 0 Å². The van der Waals surface area contributed by atoms with Gasteiger partial charge >= 0.3 is 12.0 Å². The van der Waals surface area contributed by atoms with E-state index < -0.39 is 11.4 Å². The molecule has 0 radical (unpaired) electrons. The maximum atomic E-state index is 11.9. The van der Waals surface area contributed by atoms with Crippen molar-refractivity contribution in [2.24, 2.45) is 5.41 Å². The second kappa shape index (κ2) is 5.80. The van der Waals surface area contributed by atoms with Gasteiger partial charge < -0.3 is 15.3 Å². The predicted molar refractivity (Wildman–Crippen MR) is 72.0 cm³/mol. The van der Waals surface area contributed by atoms with Crippen molar-refractivity contribution in [2.45, 2.75) is 57.4 Å². The van der Waals surface area contributed by atoms with E-state index in [1.165, 1.54) is 0 Å².